The fraction of sp³-hybridized carbons (Fsp3) is 0.0556. The molecule has 0 N–H and O–H groups in total. The Labute approximate surface area is 137 Å². The standard InChI is InChI=1S/C18H13N3OS/c1-2-6-14(7-3-1)18-21-20-16(22-18)12-23-15-10-4-8-13-9-5-11-19-17(13)15/h1-11H,12H2. The van der Waals surface area contributed by atoms with Gasteiger partial charge < -0.3 is 4.42 Å². The summed E-state index contributed by atoms with van der Waals surface area (Å²) < 4.78 is 5.74. The van der Waals surface area contributed by atoms with Crippen LogP contribution in [0, 0.1) is 0 Å². The van der Waals surface area contributed by atoms with E-state index in [2.05, 4.69) is 33.4 Å². The molecule has 0 atom stereocenters. The lowest BCUT2D eigenvalue weighted by Crippen LogP contribution is -1.84. The normalized spacial score (nSPS) is 11.0. The van der Waals surface area contributed by atoms with E-state index in [1.807, 2.05) is 48.7 Å². The second-order valence-corrected chi connectivity index (χ2v) is 6.00. The molecule has 0 spiro atoms. The minimum atomic E-state index is 0.553. The summed E-state index contributed by atoms with van der Waals surface area (Å²) in [5.41, 5.74) is 1.94. The molecule has 0 unspecified atom stereocenters. The Morgan fingerprint density at radius 1 is 0.870 bits per heavy atom. The molecule has 2 heterocycles. The molecule has 4 nitrogen and oxygen atoms in total. The van der Waals surface area contributed by atoms with E-state index in [0.29, 0.717) is 17.5 Å². The van der Waals surface area contributed by atoms with Crippen LogP contribution in [0.3, 0.4) is 0 Å². The van der Waals surface area contributed by atoms with Crippen LogP contribution >= 0.6 is 11.8 Å². The summed E-state index contributed by atoms with van der Waals surface area (Å²) in [6.07, 6.45) is 1.81. The van der Waals surface area contributed by atoms with E-state index in [1.165, 1.54) is 0 Å². The molecule has 23 heavy (non-hydrogen) atoms. The molecule has 0 saturated heterocycles. The lowest BCUT2D eigenvalue weighted by atomic mass is 10.2. The highest BCUT2D eigenvalue weighted by molar-refractivity contribution is 7.98. The highest BCUT2D eigenvalue weighted by atomic mass is 32.2. The van der Waals surface area contributed by atoms with Gasteiger partial charge in [0.25, 0.3) is 0 Å². The summed E-state index contributed by atoms with van der Waals surface area (Å²) >= 11 is 1.65. The van der Waals surface area contributed by atoms with Crippen LogP contribution in [0.25, 0.3) is 22.4 Å². The van der Waals surface area contributed by atoms with Crippen LogP contribution in [0.5, 0.6) is 0 Å². The quantitative estimate of drug-likeness (QED) is 0.515. The molecule has 0 amide bonds. The maximum atomic E-state index is 5.74. The molecule has 0 saturated carbocycles. The van der Waals surface area contributed by atoms with Crippen molar-refractivity contribution in [1.29, 1.82) is 0 Å². The summed E-state index contributed by atoms with van der Waals surface area (Å²) in [4.78, 5) is 5.57. The van der Waals surface area contributed by atoms with Crippen LogP contribution < -0.4 is 0 Å². The Morgan fingerprint density at radius 2 is 1.74 bits per heavy atom. The smallest absolute Gasteiger partial charge is 0.247 e. The van der Waals surface area contributed by atoms with Gasteiger partial charge in [0.2, 0.25) is 11.8 Å². The molecular weight excluding hydrogens is 306 g/mol. The largest absolute Gasteiger partial charge is 0.420 e. The number of fused-ring (bicyclic) bond motifs is 1. The number of thioether (sulfide) groups is 1. The van der Waals surface area contributed by atoms with Gasteiger partial charge in [-0.25, -0.2) is 0 Å². The third kappa shape index (κ3) is 2.96. The van der Waals surface area contributed by atoms with E-state index in [0.717, 1.165) is 21.4 Å². The van der Waals surface area contributed by atoms with Crippen molar-refractivity contribution in [2.75, 3.05) is 0 Å². The van der Waals surface area contributed by atoms with Crippen molar-refractivity contribution >= 4 is 22.7 Å². The molecule has 2 aromatic heterocycles. The third-order valence-electron chi connectivity index (χ3n) is 3.43. The summed E-state index contributed by atoms with van der Waals surface area (Å²) in [5, 5.41) is 9.38. The zero-order valence-corrected chi connectivity index (χ0v) is 13.0. The van der Waals surface area contributed by atoms with Crippen molar-refractivity contribution in [3.05, 3.63) is 72.8 Å². The fourth-order valence-electron chi connectivity index (χ4n) is 2.34. The first kappa shape index (κ1) is 14.0. The maximum Gasteiger partial charge on any atom is 0.247 e. The zero-order chi connectivity index (χ0) is 15.5. The van der Waals surface area contributed by atoms with Crippen molar-refractivity contribution in [1.82, 2.24) is 15.2 Å². The van der Waals surface area contributed by atoms with Crippen molar-refractivity contribution in [2.45, 2.75) is 10.6 Å². The first-order chi connectivity index (χ1) is 11.4. The van der Waals surface area contributed by atoms with E-state index >= 15 is 0 Å². The monoisotopic (exact) mass is 319 g/mol. The molecule has 0 fully saturated rings. The van der Waals surface area contributed by atoms with Crippen LogP contribution in [0.1, 0.15) is 5.89 Å². The SMILES string of the molecule is c1ccc(-c2nnc(CSc3cccc4cccnc34)o2)cc1. The molecular formula is C18H13N3OS. The first-order valence-electron chi connectivity index (χ1n) is 7.24. The number of aromatic nitrogens is 3. The van der Waals surface area contributed by atoms with E-state index in [1.54, 1.807) is 11.8 Å². The summed E-state index contributed by atoms with van der Waals surface area (Å²) in [6.45, 7) is 0. The molecule has 5 heteroatoms. The van der Waals surface area contributed by atoms with E-state index in [4.69, 9.17) is 4.42 Å². The molecule has 0 aliphatic heterocycles. The topological polar surface area (TPSA) is 51.8 Å². The molecule has 0 aliphatic carbocycles. The number of hydrogen-bond acceptors (Lipinski definition) is 5. The second-order valence-electron chi connectivity index (χ2n) is 4.99. The molecule has 0 bridgehead atoms. The number of benzene rings is 2. The van der Waals surface area contributed by atoms with Gasteiger partial charge in [0.15, 0.2) is 0 Å². The Bertz CT molecular complexity index is 932. The average Bonchev–Trinajstić information content (AvgIpc) is 3.10. The summed E-state index contributed by atoms with van der Waals surface area (Å²) in [6, 6.07) is 20.0. The number of hydrogen-bond donors (Lipinski definition) is 0. The van der Waals surface area contributed by atoms with Crippen LogP contribution in [0.2, 0.25) is 0 Å². The summed E-state index contributed by atoms with van der Waals surface area (Å²) in [5.74, 6) is 1.79. The Kier molecular flexibility index (Phi) is 3.78. The highest BCUT2D eigenvalue weighted by Crippen LogP contribution is 2.29. The van der Waals surface area contributed by atoms with Gasteiger partial charge in [-0.3, -0.25) is 4.98 Å². The first-order valence-corrected chi connectivity index (χ1v) is 8.23. The van der Waals surface area contributed by atoms with E-state index < -0.39 is 0 Å². The van der Waals surface area contributed by atoms with Crippen LogP contribution in [-0.2, 0) is 5.75 Å². The van der Waals surface area contributed by atoms with Gasteiger partial charge in [-0.05, 0) is 24.3 Å². The Morgan fingerprint density at radius 3 is 2.65 bits per heavy atom. The number of para-hydroxylation sites is 1. The van der Waals surface area contributed by atoms with Crippen molar-refractivity contribution in [3.8, 4) is 11.5 Å². The molecule has 4 aromatic rings. The summed E-state index contributed by atoms with van der Waals surface area (Å²) in [7, 11) is 0. The zero-order valence-electron chi connectivity index (χ0n) is 12.2. The molecule has 0 radical (unpaired) electrons. The van der Waals surface area contributed by atoms with Gasteiger partial charge in [0, 0.05) is 22.0 Å². The van der Waals surface area contributed by atoms with Gasteiger partial charge in [-0.1, -0.05) is 36.4 Å². The van der Waals surface area contributed by atoms with Gasteiger partial charge in [0.05, 0.1) is 11.3 Å². The fourth-order valence-corrected chi connectivity index (χ4v) is 3.22. The highest BCUT2D eigenvalue weighted by Gasteiger charge is 2.10. The van der Waals surface area contributed by atoms with Crippen LogP contribution in [-0.4, -0.2) is 15.2 Å². The number of rotatable bonds is 4. The Hall–Kier alpha value is -2.66. The van der Waals surface area contributed by atoms with Crippen molar-refractivity contribution in [2.24, 2.45) is 0 Å². The predicted octanol–water partition coefficient (Wildman–Crippen LogP) is 4.58. The molecule has 112 valence electrons. The molecule has 0 aliphatic rings. The molecule has 4 rings (SSSR count). The molecule has 2 aromatic carbocycles. The number of nitrogens with zero attached hydrogens (tertiary/aromatic N) is 3. The minimum Gasteiger partial charge on any atom is -0.420 e. The van der Waals surface area contributed by atoms with Gasteiger partial charge in [-0.2, -0.15) is 0 Å². The average molecular weight is 319 g/mol. The number of pyridine rings is 1. The van der Waals surface area contributed by atoms with Gasteiger partial charge in [0.1, 0.15) is 0 Å². The van der Waals surface area contributed by atoms with Gasteiger partial charge in [-0.15, -0.1) is 22.0 Å². The second kappa shape index (κ2) is 6.22. The van der Waals surface area contributed by atoms with Crippen LogP contribution in [0.15, 0.2) is 76.2 Å². The lowest BCUT2D eigenvalue weighted by Gasteiger charge is -2.03. The third-order valence-corrected chi connectivity index (χ3v) is 4.47. The van der Waals surface area contributed by atoms with Crippen molar-refractivity contribution in [3.63, 3.8) is 0 Å². The minimum absolute atomic E-state index is 0.553. The van der Waals surface area contributed by atoms with Crippen LogP contribution in [0.4, 0.5) is 0 Å². The Balaban J connectivity index is 1.54. The van der Waals surface area contributed by atoms with Gasteiger partial charge >= 0.3 is 0 Å². The van der Waals surface area contributed by atoms with E-state index in [-0.39, 0.29) is 0 Å². The predicted molar refractivity (Wildman–Crippen MR) is 91.0 cm³/mol. The van der Waals surface area contributed by atoms with E-state index in [9.17, 15) is 0 Å². The maximum absolute atomic E-state index is 5.74. The van der Waals surface area contributed by atoms with Crippen molar-refractivity contribution < 1.29 is 4.42 Å². The lowest BCUT2D eigenvalue weighted by molar-refractivity contribution is 0.528.